The molecule has 0 saturated heterocycles. The first-order chi connectivity index (χ1) is 12.9. The quantitative estimate of drug-likeness (QED) is 0.629. The Bertz CT molecular complexity index is 844. The van der Waals surface area contributed by atoms with Crippen molar-refractivity contribution in [3.63, 3.8) is 0 Å². The van der Waals surface area contributed by atoms with Crippen molar-refractivity contribution in [2.24, 2.45) is 0 Å². The van der Waals surface area contributed by atoms with Crippen LogP contribution in [0.25, 0.3) is 5.69 Å². The predicted molar refractivity (Wildman–Crippen MR) is 107 cm³/mol. The number of hydrogen-bond acceptors (Lipinski definition) is 6. The lowest BCUT2D eigenvalue weighted by Crippen LogP contribution is -2.20. The van der Waals surface area contributed by atoms with Gasteiger partial charge in [0, 0.05) is 5.75 Å². The number of aliphatic hydroxyl groups excluding tert-OH is 1. The fraction of sp³-hybridized carbons (Fsp3) is 0.350. The fourth-order valence-corrected chi connectivity index (χ4v) is 3.26. The molecule has 0 unspecified atom stereocenters. The van der Waals surface area contributed by atoms with Crippen molar-refractivity contribution in [2.75, 3.05) is 12.4 Å². The van der Waals surface area contributed by atoms with E-state index in [9.17, 15) is 5.11 Å². The number of hydrogen-bond donors (Lipinski definition) is 1. The highest BCUT2D eigenvalue weighted by atomic mass is 32.2. The van der Waals surface area contributed by atoms with Crippen LogP contribution in [0.3, 0.4) is 0 Å². The van der Waals surface area contributed by atoms with E-state index in [-0.39, 0.29) is 12.0 Å². The molecule has 7 heteroatoms. The highest BCUT2D eigenvalue weighted by molar-refractivity contribution is 7.99. The van der Waals surface area contributed by atoms with Crippen LogP contribution in [0.2, 0.25) is 0 Å². The molecule has 6 nitrogen and oxygen atoms in total. The van der Waals surface area contributed by atoms with E-state index in [1.807, 2.05) is 42.5 Å². The van der Waals surface area contributed by atoms with Crippen LogP contribution in [0.15, 0.2) is 59.8 Å². The van der Waals surface area contributed by atoms with Gasteiger partial charge in [0.05, 0.1) is 11.8 Å². The van der Waals surface area contributed by atoms with Gasteiger partial charge in [0.15, 0.2) is 0 Å². The Morgan fingerprint density at radius 1 is 1.07 bits per heavy atom. The monoisotopic (exact) mass is 384 g/mol. The molecule has 0 aliphatic rings. The zero-order valence-electron chi connectivity index (χ0n) is 15.7. The lowest BCUT2D eigenvalue weighted by Gasteiger charge is -2.19. The van der Waals surface area contributed by atoms with Crippen molar-refractivity contribution >= 4 is 11.8 Å². The molecule has 0 radical (unpaired) electrons. The fourth-order valence-electron chi connectivity index (χ4n) is 2.46. The number of benzene rings is 2. The average Bonchev–Trinajstić information content (AvgIpc) is 3.13. The molecule has 1 atom stereocenters. The van der Waals surface area contributed by atoms with Gasteiger partial charge in [-0.2, -0.15) is 4.68 Å². The summed E-state index contributed by atoms with van der Waals surface area (Å²) in [5, 5.41) is 22.6. The molecular formula is C20H24N4O2S. The second kappa shape index (κ2) is 8.54. The largest absolute Gasteiger partial charge is 0.491 e. The third-order valence-electron chi connectivity index (χ3n) is 4.01. The van der Waals surface area contributed by atoms with Gasteiger partial charge in [0.1, 0.15) is 12.4 Å². The number of tetrazole rings is 1. The van der Waals surface area contributed by atoms with Crippen molar-refractivity contribution in [1.82, 2.24) is 20.2 Å². The number of aliphatic hydroxyl groups is 1. The highest BCUT2D eigenvalue weighted by Crippen LogP contribution is 2.24. The number of aromatic nitrogens is 4. The summed E-state index contributed by atoms with van der Waals surface area (Å²) in [6.07, 6.45) is -0.627. The zero-order valence-corrected chi connectivity index (χ0v) is 16.6. The van der Waals surface area contributed by atoms with Crippen LogP contribution in [-0.4, -0.2) is 43.8 Å². The summed E-state index contributed by atoms with van der Waals surface area (Å²) in [6.45, 7) is 6.74. The van der Waals surface area contributed by atoms with Crippen LogP contribution in [0.5, 0.6) is 5.75 Å². The molecule has 1 heterocycles. The summed E-state index contributed by atoms with van der Waals surface area (Å²) in [7, 11) is 0. The van der Waals surface area contributed by atoms with Crippen molar-refractivity contribution in [3.05, 3.63) is 60.2 Å². The third-order valence-corrected chi connectivity index (χ3v) is 5.07. The van der Waals surface area contributed by atoms with E-state index in [4.69, 9.17) is 4.74 Å². The standard InChI is InChI=1S/C20H24N4O2S/c1-20(2,3)15-9-11-18(12-10-15)26-13-17(25)14-27-19-21-22-23-24(19)16-7-5-4-6-8-16/h4-12,17,25H,13-14H2,1-3H3/t17-/m1/s1. The maximum Gasteiger partial charge on any atom is 0.214 e. The SMILES string of the molecule is CC(C)(C)c1ccc(OC[C@@H](O)CSc2nnnn2-c2ccccc2)cc1. The van der Waals surface area contributed by atoms with Crippen molar-refractivity contribution in [3.8, 4) is 11.4 Å². The molecule has 0 saturated carbocycles. The molecule has 1 aromatic heterocycles. The Balaban J connectivity index is 1.51. The number of ether oxygens (including phenoxy) is 1. The van der Waals surface area contributed by atoms with Gasteiger partial charge in [-0.1, -0.05) is 62.9 Å². The zero-order chi connectivity index (χ0) is 19.3. The van der Waals surface area contributed by atoms with Gasteiger partial charge in [-0.15, -0.1) is 5.10 Å². The van der Waals surface area contributed by atoms with Crippen LogP contribution in [0.1, 0.15) is 26.3 Å². The van der Waals surface area contributed by atoms with Gasteiger partial charge in [0.25, 0.3) is 0 Å². The smallest absolute Gasteiger partial charge is 0.214 e. The van der Waals surface area contributed by atoms with Gasteiger partial charge in [-0.05, 0) is 45.7 Å². The summed E-state index contributed by atoms with van der Waals surface area (Å²) < 4.78 is 7.35. The van der Waals surface area contributed by atoms with Gasteiger partial charge >= 0.3 is 0 Å². The molecule has 0 amide bonds. The lowest BCUT2D eigenvalue weighted by molar-refractivity contribution is 0.126. The highest BCUT2D eigenvalue weighted by Gasteiger charge is 2.14. The van der Waals surface area contributed by atoms with Crippen molar-refractivity contribution < 1.29 is 9.84 Å². The maximum atomic E-state index is 10.2. The van der Waals surface area contributed by atoms with E-state index >= 15 is 0 Å². The van der Waals surface area contributed by atoms with E-state index in [0.717, 1.165) is 11.4 Å². The summed E-state index contributed by atoms with van der Waals surface area (Å²) in [5.74, 6) is 1.19. The van der Waals surface area contributed by atoms with Gasteiger partial charge < -0.3 is 9.84 Å². The summed E-state index contributed by atoms with van der Waals surface area (Å²) >= 11 is 1.39. The van der Waals surface area contributed by atoms with Crippen molar-refractivity contribution in [1.29, 1.82) is 0 Å². The molecule has 0 spiro atoms. The Morgan fingerprint density at radius 2 is 1.78 bits per heavy atom. The first kappa shape index (κ1) is 19.4. The normalized spacial score (nSPS) is 12.7. The van der Waals surface area contributed by atoms with E-state index in [0.29, 0.717) is 10.9 Å². The molecule has 0 fully saturated rings. The minimum atomic E-state index is -0.627. The minimum Gasteiger partial charge on any atom is -0.491 e. The summed E-state index contributed by atoms with van der Waals surface area (Å²) in [5.41, 5.74) is 2.24. The molecule has 3 rings (SSSR count). The molecule has 27 heavy (non-hydrogen) atoms. The van der Waals surface area contributed by atoms with Crippen LogP contribution < -0.4 is 4.74 Å². The topological polar surface area (TPSA) is 73.1 Å². The number of para-hydroxylation sites is 1. The van der Waals surface area contributed by atoms with Gasteiger partial charge in [0.2, 0.25) is 5.16 Å². The van der Waals surface area contributed by atoms with E-state index < -0.39 is 6.10 Å². The molecule has 0 aliphatic heterocycles. The Kier molecular flexibility index (Phi) is 6.13. The van der Waals surface area contributed by atoms with E-state index in [1.54, 1.807) is 4.68 Å². The molecule has 142 valence electrons. The summed E-state index contributed by atoms with van der Waals surface area (Å²) in [4.78, 5) is 0. The first-order valence-corrected chi connectivity index (χ1v) is 9.80. The van der Waals surface area contributed by atoms with Crippen LogP contribution >= 0.6 is 11.8 Å². The Morgan fingerprint density at radius 3 is 2.44 bits per heavy atom. The number of rotatable bonds is 7. The molecule has 2 aromatic carbocycles. The average molecular weight is 385 g/mol. The molecule has 3 aromatic rings. The minimum absolute atomic E-state index is 0.109. The first-order valence-electron chi connectivity index (χ1n) is 8.81. The molecule has 0 bridgehead atoms. The second-order valence-electron chi connectivity index (χ2n) is 7.26. The maximum absolute atomic E-state index is 10.2. The predicted octanol–water partition coefficient (Wildman–Crippen LogP) is 3.49. The van der Waals surface area contributed by atoms with Crippen molar-refractivity contribution in [2.45, 2.75) is 37.4 Å². The van der Waals surface area contributed by atoms with Crippen LogP contribution in [-0.2, 0) is 5.41 Å². The molecule has 0 aliphatic carbocycles. The molecular weight excluding hydrogens is 360 g/mol. The third kappa shape index (κ3) is 5.30. The lowest BCUT2D eigenvalue weighted by atomic mass is 9.87. The second-order valence-corrected chi connectivity index (χ2v) is 8.25. The number of thioether (sulfide) groups is 1. The van der Waals surface area contributed by atoms with E-state index in [2.05, 4.69) is 48.4 Å². The van der Waals surface area contributed by atoms with E-state index in [1.165, 1.54) is 17.3 Å². The number of nitrogens with zero attached hydrogens (tertiary/aromatic N) is 4. The molecule has 1 N–H and O–H groups in total. The van der Waals surface area contributed by atoms with Crippen LogP contribution in [0, 0.1) is 0 Å². The van der Waals surface area contributed by atoms with Crippen LogP contribution in [0.4, 0.5) is 0 Å². The summed E-state index contributed by atoms with van der Waals surface area (Å²) in [6, 6.07) is 17.7. The van der Waals surface area contributed by atoms with Gasteiger partial charge in [-0.3, -0.25) is 0 Å². The van der Waals surface area contributed by atoms with Gasteiger partial charge in [-0.25, -0.2) is 0 Å². The Hall–Kier alpha value is -2.38. The Labute approximate surface area is 163 Å².